The average Bonchev–Trinajstić information content (AvgIpc) is 1.35. The zero-order valence-corrected chi connectivity index (χ0v) is 48.0. The van der Waals surface area contributed by atoms with Crippen molar-refractivity contribution >= 4 is 11.9 Å². The maximum Gasteiger partial charge on any atom is 0.303 e. The number of carbonyl (C=O) groups is 2. The van der Waals surface area contributed by atoms with Crippen molar-refractivity contribution in [1.29, 1.82) is 0 Å². The Bertz CT molecular complexity index is 2310. The van der Waals surface area contributed by atoms with Crippen LogP contribution >= 0.6 is 0 Å². The molecule has 4 aliphatic heterocycles. The molecule has 0 bridgehead atoms. The van der Waals surface area contributed by atoms with Gasteiger partial charge in [0.05, 0.1) is 56.8 Å². The van der Waals surface area contributed by atoms with Crippen LogP contribution in [-0.4, -0.2) is 258 Å². The summed E-state index contributed by atoms with van der Waals surface area (Å²) in [6.07, 6.45) is -31.7. The maximum absolute atomic E-state index is 12.9. The Morgan fingerprint density at radius 3 is 1.78 bits per heavy atom. The normalized spacial score (nSPS) is 52.6. The fourth-order valence-electron chi connectivity index (χ4n) is 17.0. The van der Waals surface area contributed by atoms with E-state index in [0.717, 1.165) is 5.57 Å². The number of aliphatic hydroxyl groups excluding tert-OH is 14. The van der Waals surface area contributed by atoms with E-state index in [0.29, 0.717) is 38.5 Å². The van der Waals surface area contributed by atoms with E-state index in [1.807, 2.05) is 20.8 Å². The van der Waals surface area contributed by atoms with Crippen LogP contribution in [0.3, 0.4) is 0 Å². The van der Waals surface area contributed by atoms with Gasteiger partial charge in [-0.15, -0.1) is 0 Å². The molecule has 26 heteroatoms. The second-order valence-corrected chi connectivity index (χ2v) is 26.8. The number of rotatable bonds is 13. The molecule has 0 aromatic rings. The van der Waals surface area contributed by atoms with Crippen molar-refractivity contribution in [2.45, 2.75) is 242 Å². The van der Waals surface area contributed by atoms with E-state index in [1.165, 1.54) is 13.8 Å². The Morgan fingerprint density at radius 1 is 0.585 bits per heavy atom. The Kier molecular flexibility index (Phi) is 18.3. The zero-order valence-electron chi connectivity index (χ0n) is 48.0. The van der Waals surface area contributed by atoms with Crippen LogP contribution in [0.25, 0.3) is 0 Å². The standard InChI is InChI=1S/C56H90O26/c1-22(60)75-45-46(76-23(2)61)56(21-59)25(16-51(45,3)4)24-10-11-31-53(7)14-13-32(52(5,6)30(53)12-15-54(31,8)55(24,9)43(71)44(56)72)80-49-41(82-48-40(70)37(67)34(64)27(17-57)77-48)36(66)29(20-74-49)79-50-42(38(68)35(65)28(18-58)78-50)81-47-39(69)33(63)26(62)19-73-47/h10,25-50,57-59,62-72H,11-21H2,1-9H3/t25-,26+,27+,28+,29-,30-,31+,32-,33-,34+,35+,36-,37-,38-,39+,40+,41+,42+,43-,44+,45-,46-,47-,48-,49-,50-,53-,54+,55-,56-/m0/s1. The summed E-state index contributed by atoms with van der Waals surface area (Å²) in [5.74, 6) is -2.11. The van der Waals surface area contributed by atoms with Crippen molar-refractivity contribution < 1.29 is 128 Å². The smallest absolute Gasteiger partial charge is 0.303 e. The minimum atomic E-state index is -1.94. The third-order valence-electron chi connectivity index (χ3n) is 21.7. The van der Waals surface area contributed by atoms with Crippen LogP contribution in [-0.2, 0) is 57.0 Å². The summed E-state index contributed by atoms with van der Waals surface area (Å²) in [6.45, 7) is 13.5. The van der Waals surface area contributed by atoms with Gasteiger partial charge >= 0.3 is 11.9 Å². The summed E-state index contributed by atoms with van der Waals surface area (Å²) < 4.78 is 60.4. The number of aliphatic hydroxyl groups is 14. The van der Waals surface area contributed by atoms with Gasteiger partial charge in [0.1, 0.15) is 91.6 Å². The molecule has 30 atom stereocenters. The highest BCUT2D eigenvalue weighted by Gasteiger charge is 2.76. The molecule has 9 rings (SSSR count). The van der Waals surface area contributed by atoms with Crippen molar-refractivity contribution in [3.63, 3.8) is 0 Å². The number of ether oxygens (including phenoxy) is 10. The van der Waals surface area contributed by atoms with Crippen molar-refractivity contribution in [1.82, 2.24) is 0 Å². The SMILES string of the molecule is CC(=O)O[C@H]1[C@H](OC(C)=O)[C@]2(CO)[C@H](O)[C@H](O)[C@]3(C)C(=CC[C@@H]4[C@@]5(C)CC[C@H](O[C@@H]6OC[C@H](O[C@@H]7O[C@H](CO)[C@@H](O)[C@H](O)[C@H]7O[C@@H]7OC[C@@H](O)[C@H](O)[C@H]7O)[C@H](O)[C@H]6O[C@@H]6O[C@H](CO)[C@@H](O)[C@H](O)[C@H]6O)C(C)(C)[C@@H]5CC[C@]43C)[C@@H]2CC1(C)C. The molecule has 5 aliphatic carbocycles. The largest absolute Gasteiger partial charge is 0.458 e. The lowest BCUT2D eigenvalue weighted by molar-refractivity contribution is -0.392. The lowest BCUT2D eigenvalue weighted by Gasteiger charge is -2.73. The first-order valence-electron chi connectivity index (χ1n) is 28.8. The van der Waals surface area contributed by atoms with E-state index in [-0.39, 0.29) is 11.8 Å². The molecule has 0 amide bonds. The fourth-order valence-corrected chi connectivity index (χ4v) is 17.0. The van der Waals surface area contributed by atoms with Crippen molar-refractivity contribution in [3.8, 4) is 0 Å². The lowest BCUT2D eigenvalue weighted by atomic mass is 9.32. The highest BCUT2D eigenvalue weighted by Crippen LogP contribution is 2.76. The molecule has 0 unspecified atom stereocenters. The second-order valence-electron chi connectivity index (χ2n) is 26.8. The number of hydrogen-bond acceptors (Lipinski definition) is 26. The minimum Gasteiger partial charge on any atom is -0.458 e. The van der Waals surface area contributed by atoms with Crippen LogP contribution in [0.2, 0.25) is 0 Å². The molecular formula is C56H90O26. The van der Waals surface area contributed by atoms with E-state index in [4.69, 9.17) is 47.4 Å². The molecule has 470 valence electrons. The van der Waals surface area contributed by atoms with Gasteiger partial charge in [0.25, 0.3) is 0 Å². The molecule has 4 saturated heterocycles. The number of fused-ring (bicyclic) bond motifs is 7. The molecule has 0 radical (unpaired) electrons. The van der Waals surface area contributed by atoms with Gasteiger partial charge in [-0.2, -0.15) is 0 Å². The first-order valence-corrected chi connectivity index (χ1v) is 28.8. The summed E-state index contributed by atoms with van der Waals surface area (Å²) >= 11 is 0. The van der Waals surface area contributed by atoms with Gasteiger partial charge in [-0.05, 0) is 72.5 Å². The molecule has 0 aromatic carbocycles. The highest BCUT2D eigenvalue weighted by molar-refractivity contribution is 5.68. The predicted octanol–water partition coefficient (Wildman–Crippen LogP) is -3.26. The van der Waals surface area contributed by atoms with Gasteiger partial charge in [-0.3, -0.25) is 9.59 Å². The van der Waals surface area contributed by atoms with Crippen molar-refractivity contribution in [3.05, 3.63) is 11.6 Å². The molecule has 26 nitrogen and oxygen atoms in total. The summed E-state index contributed by atoms with van der Waals surface area (Å²) in [5.41, 5.74) is -4.47. The second kappa shape index (κ2) is 23.4. The number of allylic oxidation sites excluding steroid dienone is 1. The van der Waals surface area contributed by atoms with E-state index >= 15 is 0 Å². The minimum absolute atomic E-state index is 0.0731. The average molecular weight is 1180 g/mol. The topological polar surface area (TPSA) is 410 Å². The molecule has 82 heavy (non-hydrogen) atoms. The van der Waals surface area contributed by atoms with Gasteiger partial charge < -0.3 is 119 Å². The fraction of sp³-hybridized carbons (Fsp3) is 0.929. The molecule has 0 aromatic heterocycles. The van der Waals surface area contributed by atoms with Gasteiger partial charge in [0.15, 0.2) is 31.3 Å². The molecular weight excluding hydrogens is 1090 g/mol. The lowest BCUT2D eigenvalue weighted by Crippen LogP contribution is -2.76. The molecule has 8 fully saturated rings. The number of hydrogen-bond donors (Lipinski definition) is 14. The van der Waals surface area contributed by atoms with Crippen LogP contribution in [0.1, 0.15) is 101 Å². The maximum atomic E-state index is 12.9. The van der Waals surface area contributed by atoms with Crippen LogP contribution in [0.4, 0.5) is 0 Å². The van der Waals surface area contributed by atoms with Crippen LogP contribution in [0.15, 0.2) is 11.6 Å². The van der Waals surface area contributed by atoms with Gasteiger partial charge in [0, 0.05) is 24.7 Å². The third-order valence-corrected chi connectivity index (χ3v) is 21.7. The van der Waals surface area contributed by atoms with Crippen LogP contribution < -0.4 is 0 Å². The van der Waals surface area contributed by atoms with E-state index in [9.17, 15) is 81.1 Å². The molecule has 0 spiro atoms. The third kappa shape index (κ3) is 10.2. The Labute approximate surface area is 476 Å². The van der Waals surface area contributed by atoms with E-state index in [2.05, 4.69) is 33.8 Å². The Hall–Kier alpha value is -2.20. The molecule has 4 saturated carbocycles. The van der Waals surface area contributed by atoms with Gasteiger partial charge in [0.2, 0.25) is 0 Å². The molecule has 9 aliphatic rings. The monoisotopic (exact) mass is 1180 g/mol. The zero-order chi connectivity index (χ0) is 60.3. The summed E-state index contributed by atoms with van der Waals surface area (Å²) in [4.78, 5) is 25.4. The van der Waals surface area contributed by atoms with Gasteiger partial charge in [-0.1, -0.05) is 60.1 Å². The molecule has 4 heterocycles. The quantitative estimate of drug-likeness (QED) is 0.0489. The van der Waals surface area contributed by atoms with E-state index in [1.54, 1.807) is 0 Å². The molecule has 14 N–H and O–H groups in total. The number of carbonyl (C=O) groups excluding carboxylic acids is 2. The summed E-state index contributed by atoms with van der Waals surface area (Å²) in [5, 5.41) is 156. The van der Waals surface area contributed by atoms with Crippen LogP contribution in [0.5, 0.6) is 0 Å². The van der Waals surface area contributed by atoms with Crippen molar-refractivity contribution in [2.75, 3.05) is 33.0 Å². The Morgan fingerprint density at radius 2 is 1.16 bits per heavy atom. The first kappa shape index (κ1) is 64.3. The van der Waals surface area contributed by atoms with Crippen LogP contribution in [0, 0.1) is 50.2 Å². The van der Waals surface area contributed by atoms with Crippen molar-refractivity contribution in [2.24, 2.45) is 50.2 Å². The van der Waals surface area contributed by atoms with E-state index < -0.39 is 225 Å². The van der Waals surface area contributed by atoms with Gasteiger partial charge in [-0.25, -0.2) is 0 Å². The summed E-state index contributed by atoms with van der Waals surface area (Å²) in [7, 11) is 0. The first-order chi connectivity index (χ1) is 38.3. The highest BCUT2D eigenvalue weighted by atomic mass is 16.8. The summed E-state index contributed by atoms with van der Waals surface area (Å²) in [6, 6.07) is 0. The predicted molar refractivity (Wildman–Crippen MR) is 275 cm³/mol. The Balaban J connectivity index is 0.994. The number of esters is 2.